The van der Waals surface area contributed by atoms with E-state index in [9.17, 15) is 14.4 Å². The van der Waals surface area contributed by atoms with Crippen molar-refractivity contribution in [1.82, 2.24) is 35.3 Å². The SMILES string of the molecule is COC1(C(=O)N[C@@H](C)c2ccc(-n3cc(F)cn3)nc2)CC=C(c2nc(Nc3cc(C)[nH]n3)ccc2C#N)CC1.S. The number of anilines is 2. The van der Waals surface area contributed by atoms with Gasteiger partial charge in [0.1, 0.15) is 17.5 Å². The Hall–Kier alpha value is -4.54. The summed E-state index contributed by atoms with van der Waals surface area (Å²) >= 11 is 0. The molecular weight excluding hydrogens is 545 g/mol. The summed E-state index contributed by atoms with van der Waals surface area (Å²) < 4.78 is 20.4. The standard InChI is InChI=1S/C28H28FN9O2.H2S/c1-17-12-24(37-36-17)34-23-6-4-20(13-30)26(35-23)19-8-10-28(40-3,11-9-19)27(39)33-18(2)21-5-7-25(31-14-21)38-16-22(29)15-32-38;/h4-8,12,14-16,18H,9-11H2,1-3H3,(H,33,39)(H2,34,35,36,37);1H2/t18-,28?;/m0./s1. The smallest absolute Gasteiger partial charge is 0.253 e. The highest BCUT2D eigenvalue weighted by molar-refractivity contribution is 7.59. The molecule has 13 heteroatoms. The van der Waals surface area contributed by atoms with Crippen molar-refractivity contribution in [2.75, 3.05) is 12.4 Å². The van der Waals surface area contributed by atoms with Crippen LogP contribution in [0, 0.1) is 24.1 Å². The number of methoxy groups -OCH3 is 1. The number of nitrogens with one attached hydrogen (secondary N) is 3. The van der Waals surface area contributed by atoms with E-state index in [1.165, 1.54) is 18.0 Å². The third-order valence-corrected chi connectivity index (χ3v) is 6.97. The minimum Gasteiger partial charge on any atom is -0.368 e. The highest BCUT2D eigenvalue weighted by Crippen LogP contribution is 2.36. The maximum Gasteiger partial charge on any atom is 0.253 e. The lowest BCUT2D eigenvalue weighted by Crippen LogP contribution is -2.49. The van der Waals surface area contributed by atoms with Crippen LogP contribution in [0.4, 0.5) is 16.0 Å². The summed E-state index contributed by atoms with van der Waals surface area (Å²) in [6, 6.07) is 10.7. The fourth-order valence-electron chi connectivity index (χ4n) is 4.63. The fraction of sp³-hybridized carbons (Fsp3) is 0.286. The van der Waals surface area contributed by atoms with Crippen LogP contribution in [0.2, 0.25) is 0 Å². The Morgan fingerprint density at radius 1 is 1.27 bits per heavy atom. The lowest BCUT2D eigenvalue weighted by atomic mass is 9.82. The number of aryl methyl sites for hydroxylation is 1. The summed E-state index contributed by atoms with van der Waals surface area (Å²) in [6.45, 7) is 3.76. The second kappa shape index (κ2) is 12.3. The molecule has 11 nitrogen and oxygen atoms in total. The van der Waals surface area contributed by atoms with Crippen LogP contribution in [0.25, 0.3) is 11.4 Å². The molecule has 41 heavy (non-hydrogen) atoms. The number of carbonyl (C=O) groups excluding carboxylic acids is 1. The van der Waals surface area contributed by atoms with Gasteiger partial charge in [-0.25, -0.2) is 19.0 Å². The molecule has 0 spiro atoms. The van der Waals surface area contributed by atoms with Crippen LogP contribution in [0.5, 0.6) is 0 Å². The van der Waals surface area contributed by atoms with Crippen LogP contribution in [0.1, 0.15) is 54.7 Å². The number of H-pyrrole nitrogens is 1. The zero-order chi connectivity index (χ0) is 28.3. The van der Waals surface area contributed by atoms with Crippen LogP contribution >= 0.6 is 13.5 Å². The van der Waals surface area contributed by atoms with Gasteiger partial charge in [-0.05, 0) is 56.0 Å². The normalized spacial score (nSPS) is 17.1. The molecule has 0 aliphatic heterocycles. The van der Waals surface area contributed by atoms with Crippen LogP contribution in [-0.4, -0.2) is 48.6 Å². The first-order chi connectivity index (χ1) is 19.3. The van der Waals surface area contributed by atoms with Gasteiger partial charge in [-0.15, -0.1) is 0 Å². The van der Waals surface area contributed by atoms with Gasteiger partial charge in [-0.1, -0.05) is 12.1 Å². The Balaban J connectivity index is 0.00000387. The fourth-order valence-corrected chi connectivity index (χ4v) is 4.63. The molecule has 0 saturated heterocycles. The summed E-state index contributed by atoms with van der Waals surface area (Å²) in [5, 5.41) is 26.8. The summed E-state index contributed by atoms with van der Waals surface area (Å²) in [4.78, 5) is 22.4. The van der Waals surface area contributed by atoms with Crippen molar-refractivity contribution < 1.29 is 13.9 Å². The van der Waals surface area contributed by atoms with E-state index in [0.29, 0.717) is 48.0 Å². The van der Waals surface area contributed by atoms with Crippen molar-refractivity contribution in [3.63, 3.8) is 0 Å². The summed E-state index contributed by atoms with van der Waals surface area (Å²) in [5.41, 5.74) is 2.53. The second-order valence-corrected chi connectivity index (χ2v) is 9.65. The predicted molar refractivity (Wildman–Crippen MR) is 155 cm³/mol. The van der Waals surface area contributed by atoms with Crippen LogP contribution < -0.4 is 10.6 Å². The molecule has 1 unspecified atom stereocenters. The first-order valence-electron chi connectivity index (χ1n) is 12.7. The van der Waals surface area contributed by atoms with Crippen molar-refractivity contribution in [1.29, 1.82) is 5.26 Å². The quantitative estimate of drug-likeness (QED) is 0.280. The molecule has 1 amide bonds. The highest BCUT2D eigenvalue weighted by Gasteiger charge is 2.40. The zero-order valence-corrected chi connectivity index (χ0v) is 23.8. The zero-order valence-electron chi connectivity index (χ0n) is 22.8. The van der Waals surface area contributed by atoms with Crippen molar-refractivity contribution in [2.45, 2.75) is 44.8 Å². The van der Waals surface area contributed by atoms with Gasteiger partial charge >= 0.3 is 0 Å². The van der Waals surface area contributed by atoms with E-state index in [1.54, 1.807) is 24.4 Å². The third kappa shape index (κ3) is 6.29. The molecule has 3 N–H and O–H groups in total. The van der Waals surface area contributed by atoms with E-state index < -0.39 is 11.4 Å². The maximum atomic E-state index is 13.4. The lowest BCUT2D eigenvalue weighted by molar-refractivity contribution is -0.145. The molecule has 1 aliphatic carbocycles. The molecule has 4 heterocycles. The average molecular weight is 576 g/mol. The van der Waals surface area contributed by atoms with Gasteiger partial charge in [-0.2, -0.15) is 29.0 Å². The molecule has 0 saturated carbocycles. The molecular formula is C28H30FN9O2S. The molecule has 4 aromatic rings. The van der Waals surface area contributed by atoms with Gasteiger partial charge in [0, 0.05) is 31.5 Å². The van der Waals surface area contributed by atoms with Crippen molar-refractivity contribution in [2.24, 2.45) is 0 Å². The van der Waals surface area contributed by atoms with Gasteiger partial charge in [-0.3, -0.25) is 9.89 Å². The number of pyridine rings is 2. The minimum atomic E-state index is -1.06. The number of nitrogens with zero attached hydrogens (tertiary/aromatic N) is 6. The predicted octanol–water partition coefficient (Wildman–Crippen LogP) is 4.39. The third-order valence-electron chi connectivity index (χ3n) is 6.97. The summed E-state index contributed by atoms with van der Waals surface area (Å²) in [7, 11) is 1.53. The Kier molecular flexibility index (Phi) is 8.85. The number of rotatable bonds is 8. The first kappa shape index (κ1) is 29.4. The molecule has 2 atom stereocenters. The van der Waals surface area contributed by atoms with Gasteiger partial charge < -0.3 is 15.4 Å². The second-order valence-electron chi connectivity index (χ2n) is 9.65. The molecule has 1 aliphatic rings. The van der Waals surface area contributed by atoms with E-state index in [0.717, 1.165) is 23.0 Å². The number of aromatic nitrogens is 6. The van der Waals surface area contributed by atoms with Gasteiger partial charge in [0.05, 0.1) is 29.7 Å². The summed E-state index contributed by atoms with van der Waals surface area (Å²) in [6.07, 6.45) is 7.13. The molecule has 0 bridgehead atoms. The molecule has 0 aromatic carbocycles. The van der Waals surface area contributed by atoms with Crippen LogP contribution in [0.15, 0.2) is 55.0 Å². The molecule has 0 radical (unpaired) electrons. The largest absolute Gasteiger partial charge is 0.368 e. The Labute approximate surface area is 243 Å². The van der Waals surface area contributed by atoms with Crippen LogP contribution in [0.3, 0.4) is 0 Å². The number of halogens is 1. The molecule has 4 aromatic heterocycles. The number of amides is 1. The van der Waals surface area contributed by atoms with E-state index >= 15 is 0 Å². The van der Waals surface area contributed by atoms with E-state index in [1.807, 2.05) is 32.1 Å². The minimum absolute atomic E-state index is 0. The lowest BCUT2D eigenvalue weighted by Gasteiger charge is -2.35. The summed E-state index contributed by atoms with van der Waals surface area (Å²) in [5.74, 6) is 0.966. The highest BCUT2D eigenvalue weighted by atomic mass is 32.1. The maximum absolute atomic E-state index is 13.4. The Morgan fingerprint density at radius 2 is 2.10 bits per heavy atom. The number of hydrogen-bond donors (Lipinski definition) is 3. The topological polar surface area (TPSA) is 146 Å². The number of aromatic amines is 1. The molecule has 5 rings (SSSR count). The number of allylic oxidation sites excluding steroid dienone is 1. The molecule has 212 valence electrons. The number of ether oxygens (including phenoxy) is 1. The van der Waals surface area contributed by atoms with Gasteiger partial charge in [0.2, 0.25) is 0 Å². The van der Waals surface area contributed by atoms with Crippen LogP contribution in [-0.2, 0) is 9.53 Å². The van der Waals surface area contributed by atoms with Crippen molar-refractivity contribution in [3.05, 3.63) is 83.3 Å². The number of hydrogen-bond acceptors (Lipinski definition) is 8. The van der Waals surface area contributed by atoms with Gasteiger partial charge in [0.25, 0.3) is 5.91 Å². The Morgan fingerprint density at radius 3 is 2.68 bits per heavy atom. The average Bonchev–Trinajstić information content (AvgIpc) is 3.60. The van der Waals surface area contributed by atoms with E-state index in [-0.39, 0.29) is 25.4 Å². The van der Waals surface area contributed by atoms with Gasteiger partial charge in [0.15, 0.2) is 17.5 Å². The first-order valence-corrected chi connectivity index (χ1v) is 12.7. The monoisotopic (exact) mass is 575 g/mol. The van der Waals surface area contributed by atoms with Crippen molar-refractivity contribution in [3.8, 4) is 11.9 Å². The number of carbonyl (C=O) groups is 1. The Bertz CT molecular complexity index is 1610. The molecule has 0 fully saturated rings. The van der Waals surface area contributed by atoms with E-state index in [2.05, 4.69) is 42.0 Å². The number of nitriles is 1. The van der Waals surface area contributed by atoms with Crippen molar-refractivity contribution >= 4 is 36.6 Å². The van der Waals surface area contributed by atoms with E-state index in [4.69, 9.17) is 4.74 Å².